The SMILES string of the molecule is Nc1cc(S(=O)(=O)N2CCSc3ccccc32)ccc1F. The summed E-state index contributed by atoms with van der Waals surface area (Å²) < 4.78 is 40.1. The molecule has 0 atom stereocenters. The Morgan fingerprint density at radius 2 is 1.95 bits per heavy atom. The van der Waals surface area contributed by atoms with Crippen LogP contribution < -0.4 is 10.0 Å². The molecule has 0 amide bonds. The van der Waals surface area contributed by atoms with Crippen LogP contribution in [0.5, 0.6) is 0 Å². The van der Waals surface area contributed by atoms with Crippen molar-refractivity contribution in [3.05, 3.63) is 48.3 Å². The minimum absolute atomic E-state index is 0.00287. The van der Waals surface area contributed by atoms with E-state index in [9.17, 15) is 12.8 Å². The van der Waals surface area contributed by atoms with Crippen LogP contribution >= 0.6 is 11.8 Å². The standard InChI is InChI=1S/C14H13FN2O2S2/c15-11-6-5-10(9-12(11)16)21(18,19)17-7-8-20-14-4-2-1-3-13(14)17/h1-6,9H,7-8,16H2. The Hall–Kier alpha value is -1.73. The molecule has 21 heavy (non-hydrogen) atoms. The maximum absolute atomic E-state index is 13.2. The normalized spacial score (nSPS) is 14.8. The molecule has 7 heteroatoms. The molecular formula is C14H13FN2O2S2. The number of sulfonamides is 1. The number of nitrogen functional groups attached to an aromatic ring is 1. The van der Waals surface area contributed by atoms with E-state index in [1.165, 1.54) is 10.4 Å². The topological polar surface area (TPSA) is 63.4 Å². The highest BCUT2D eigenvalue weighted by Crippen LogP contribution is 2.37. The quantitative estimate of drug-likeness (QED) is 0.863. The molecule has 0 bridgehead atoms. The molecule has 2 aromatic carbocycles. The third-order valence-electron chi connectivity index (χ3n) is 3.24. The van der Waals surface area contributed by atoms with E-state index >= 15 is 0 Å². The Morgan fingerprint density at radius 3 is 2.71 bits per heavy atom. The number of fused-ring (bicyclic) bond motifs is 1. The van der Waals surface area contributed by atoms with E-state index in [0.29, 0.717) is 18.0 Å². The van der Waals surface area contributed by atoms with Gasteiger partial charge in [-0.05, 0) is 30.3 Å². The van der Waals surface area contributed by atoms with Crippen molar-refractivity contribution in [2.24, 2.45) is 0 Å². The van der Waals surface area contributed by atoms with Gasteiger partial charge in [0, 0.05) is 17.2 Å². The number of halogens is 1. The molecule has 0 unspecified atom stereocenters. The summed E-state index contributed by atoms with van der Waals surface area (Å²) in [5, 5.41) is 0. The molecule has 1 heterocycles. The Bertz CT molecular complexity index is 793. The van der Waals surface area contributed by atoms with Gasteiger partial charge in [-0.15, -0.1) is 11.8 Å². The predicted molar refractivity (Wildman–Crippen MR) is 82.5 cm³/mol. The molecule has 1 aliphatic rings. The number of benzene rings is 2. The average Bonchev–Trinajstić information content (AvgIpc) is 2.49. The first-order valence-electron chi connectivity index (χ1n) is 6.30. The van der Waals surface area contributed by atoms with Crippen LogP contribution in [0.3, 0.4) is 0 Å². The Labute approximate surface area is 126 Å². The van der Waals surface area contributed by atoms with Gasteiger partial charge in [-0.2, -0.15) is 0 Å². The molecule has 0 radical (unpaired) electrons. The number of hydrogen-bond acceptors (Lipinski definition) is 4. The Balaban J connectivity index is 2.09. The van der Waals surface area contributed by atoms with E-state index in [-0.39, 0.29) is 10.6 Å². The molecule has 0 fully saturated rings. The largest absolute Gasteiger partial charge is 0.396 e. The summed E-state index contributed by atoms with van der Waals surface area (Å²) in [5.74, 6) is 0.0518. The highest BCUT2D eigenvalue weighted by Gasteiger charge is 2.29. The number of anilines is 2. The van der Waals surface area contributed by atoms with Gasteiger partial charge < -0.3 is 5.73 Å². The molecule has 0 saturated heterocycles. The lowest BCUT2D eigenvalue weighted by Crippen LogP contribution is -2.35. The lowest BCUT2D eigenvalue weighted by Gasteiger charge is -2.30. The molecule has 1 aliphatic heterocycles. The minimum Gasteiger partial charge on any atom is -0.396 e. The first-order chi connectivity index (χ1) is 10.00. The fraction of sp³-hybridized carbons (Fsp3) is 0.143. The van der Waals surface area contributed by atoms with Gasteiger partial charge in [-0.1, -0.05) is 12.1 Å². The van der Waals surface area contributed by atoms with Crippen LogP contribution in [0.25, 0.3) is 0 Å². The predicted octanol–water partition coefficient (Wildman–Crippen LogP) is 2.71. The van der Waals surface area contributed by atoms with E-state index in [4.69, 9.17) is 5.73 Å². The van der Waals surface area contributed by atoms with Crippen LogP contribution in [0.15, 0.2) is 52.3 Å². The maximum Gasteiger partial charge on any atom is 0.264 e. The fourth-order valence-electron chi connectivity index (χ4n) is 2.20. The van der Waals surface area contributed by atoms with Crippen molar-refractivity contribution in [1.29, 1.82) is 0 Å². The molecule has 0 spiro atoms. The number of rotatable bonds is 2. The summed E-state index contributed by atoms with van der Waals surface area (Å²) in [7, 11) is -3.74. The van der Waals surface area contributed by atoms with Crippen molar-refractivity contribution in [3.8, 4) is 0 Å². The van der Waals surface area contributed by atoms with Gasteiger partial charge in [0.25, 0.3) is 10.0 Å². The third kappa shape index (κ3) is 2.47. The molecule has 2 N–H and O–H groups in total. The second kappa shape index (κ2) is 5.23. The summed E-state index contributed by atoms with van der Waals surface area (Å²) >= 11 is 1.62. The van der Waals surface area contributed by atoms with Gasteiger partial charge in [0.1, 0.15) is 5.82 Å². The van der Waals surface area contributed by atoms with Crippen LogP contribution in [0, 0.1) is 5.82 Å². The van der Waals surface area contributed by atoms with E-state index in [1.807, 2.05) is 12.1 Å². The second-order valence-corrected chi connectivity index (χ2v) is 7.58. The smallest absolute Gasteiger partial charge is 0.264 e. The highest BCUT2D eigenvalue weighted by molar-refractivity contribution is 8.00. The van der Waals surface area contributed by atoms with Gasteiger partial charge in [0.05, 0.1) is 16.3 Å². The summed E-state index contributed by atoms with van der Waals surface area (Å²) in [6.45, 7) is 0.376. The molecule has 0 saturated carbocycles. The van der Waals surface area contributed by atoms with Crippen molar-refractivity contribution in [1.82, 2.24) is 0 Å². The van der Waals surface area contributed by atoms with Gasteiger partial charge in [0.15, 0.2) is 0 Å². The van der Waals surface area contributed by atoms with Crippen LogP contribution in [0.1, 0.15) is 0 Å². The van der Waals surface area contributed by atoms with Gasteiger partial charge in [-0.3, -0.25) is 4.31 Å². The van der Waals surface area contributed by atoms with Crippen LogP contribution in [0.4, 0.5) is 15.8 Å². The molecule has 0 aliphatic carbocycles. The maximum atomic E-state index is 13.2. The second-order valence-electron chi connectivity index (χ2n) is 4.58. The number of nitrogens with two attached hydrogens (primary N) is 1. The van der Waals surface area contributed by atoms with Crippen LogP contribution in [-0.4, -0.2) is 20.7 Å². The number of para-hydroxylation sites is 1. The van der Waals surface area contributed by atoms with Crippen LogP contribution in [-0.2, 0) is 10.0 Å². The van der Waals surface area contributed by atoms with E-state index in [2.05, 4.69) is 0 Å². The first-order valence-corrected chi connectivity index (χ1v) is 8.72. The first kappa shape index (κ1) is 14.2. The third-order valence-corrected chi connectivity index (χ3v) is 6.09. The molecule has 4 nitrogen and oxygen atoms in total. The Kier molecular flexibility index (Phi) is 3.54. The summed E-state index contributed by atoms with van der Waals surface area (Å²) in [6, 6.07) is 10.8. The molecule has 2 aromatic rings. The van der Waals surface area contributed by atoms with Crippen molar-refractivity contribution >= 4 is 33.2 Å². The zero-order chi connectivity index (χ0) is 15.0. The van der Waals surface area contributed by atoms with E-state index < -0.39 is 15.8 Å². The molecule has 3 rings (SSSR count). The van der Waals surface area contributed by atoms with Gasteiger partial charge in [0.2, 0.25) is 0 Å². The monoisotopic (exact) mass is 324 g/mol. The number of hydrogen-bond donors (Lipinski definition) is 1. The van der Waals surface area contributed by atoms with Crippen molar-refractivity contribution in [2.45, 2.75) is 9.79 Å². The number of thioether (sulfide) groups is 1. The van der Waals surface area contributed by atoms with E-state index in [1.54, 1.807) is 23.9 Å². The summed E-state index contributed by atoms with van der Waals surface area (Å²) in [6.07, 6.45) is 0. The lowest BCUT2D eigenvalue weighted by molar-refractivity contribution is 0.590. The van der Waals surface area contributed by atoms with Crippen LogP contribution in [0.2, 0.25) is 0 Å². The average molecular weight is 324 g/mol. The molecular weight excluding hydrogens is 311 g/mol. The highest BCUT2D eigenvalue weighted by atomic mass is 32.2. The fourth-order valence-corrected chi connectivity index (χ4v) is 4.89. The minimum atomic E-state index is -3.74. The summed E-state index contributed by atoms with van der Waals surface area (Å²) in [5.41, 5.74) is 5.96. The zero-order valence-corrected chi connectivity index (χ0v) is 12.6. The Morgan fingerprint density at radius 1 is 1.19 bits per heavy atom. The molecule has 110 valence electrons. The zero-order valence-electron chi connectivity index (χ0n) is 11.0. The lowest BCUT2D eigenvalue weighted by atomic mass is 10.3. The van der Waals surface area contributed by atoms with E-state index in [0.717, 1.165) is 17.0 Å². The number of nitrogens with zero attached hydrogens (tertiary/aromatic N) is 1. The van der Waals surface area contributed by atoms with Crippen molar-refractivity contribution in [2.75, 3.05) is 22.3 Å². The van der Waals surface area contributed by atoms with Crippen molar-refractivity contribution in [3.63, 3.8) is 0 Å². The van der Waals surface area contributed by atoms with Crippen molar-refractivity contribution < 1.29 is 12.8 Å². The van der Waals surface area contributed by atoms with Gasteiger partial charge >= 0.3 is 0 Å². The molecule has 0 aromatic heterocycles. The van der Waals surface area contributed by atoms with Gasteiger partial charge in [-0.25, -0.2) is 12.8 Å². The summed E-state index contributed by atoms with van der Waals surface area (Å²) in [4.78, 5) is 0.922.